The molecule has 3 rings (SSSR count). The molecular formula is C18H23N3O4S. The summed E-state index contributed by atoms with van der Waals surface area (Å²) in [5.41, 5.74) is 2.79. The number of aromatic nitrogens is 1. The van der Waals surface area contributed by atoms with Gasteiger partial charge in [-0.2, -0.15) is 0 Å². The van der Waals surface area contributed by atoms with Crippen LogP contribution in [-0.2, 0) is 9.84 Å². The first-order valence-electron chi connectivity index (χ1n) is 8.56. The molecule has 0 amide bonds. The summed E-state index contributed by atoms with van der Waals surface area (Å²) in [5.74, 6) is 0. The fourth-order valence-corrected chi connectivity index (χ4v) is 4.41. The van der Waals surface area contributed by atoms with E-state index in [9.17, 15) is 18.5 Å². The average molecular weight is 377 g/mol. The molecule has 26 heavy (non-hydrogen) atoms. The van der Waals surface area contributed by atoms with Crippen molar-refractivity contribution in [3.05, 3.63) is 51.8 Å². The third kappa shape index (κ3) is 3.46. The van der Waals surface area contributed by atoms with Crippen LogP contribution in [0.15, 0.2) is 35.2 Å². The zero-order chi connectivity index (χ0) is 19.1. The lowest BCUT2D eigenvalue weighted by Gasteiger charge is -2.35. The van der Waals surface area contributed by atoms with Crippen LogP contribution in [0, 0.1) is 24.0 Å². The number of aryl methyl sites for hydroxylation is 2. The number of nitro groups is 1. The molecule has 1 fully saturated rings. The van der Waals surface area contributed by atoms with Gasteiger partial charge in [0.25, 0.3) is 5.69 Å². The fourth-order valence-electron chi connectivity index (χ4n) is 3.77. The monoisotopic (exact) mass is 377 g/mol. The Kier molecular flexibility index (Phi) is 4.79. The van der Waals surface area contributed by atoms with Gasteiger partial charge in [0.05, 0.1) is 9.82 Å². The van der Waals surface area contributed by atoms with Crippen molar-refractivity contribution in [3.63, 3.8) is 0 Å². The molecule has 0 bridgehead atoms. The molecule has 0 radical (unpaired) electrons. The van der Waals surface area contributed by atoms with Crippen molar-refractivity contribution in [2.45, 2.75) is 37.6 Å². The number of benzene rings is 1. The summed E-state index contributed by atoms with van der Waals surface area (Å²) in [4.78, 5) is 12.9. The maximum atomic E-state index is 11.7. The van der Waals surface area contributed by atoms with E-state index in [2.05, 4.69) is 30.5 Å². The molecule has 1 aromatic carbocycles. The van der Waals surface area contributed by atoms with Crippen LogP contribution in [0.25, 0.3) is 0 Å². The largest absolute Gasteiger partial charge is 0.366 e. The predicted octanol–water partition coefficient (Wildman–Crippen LogP) is 3.26. The summed E-state index contributed by atoms with van der Waals surface area (Å²) in [6.45, 7) is 5.57. The van der Waals surface area contributed by atoms with Gasteiger partial charge in [0.15, 0.2) is 9.84 Å². The van der Waals surface area contributed by atoms with Gasteiger partial charge in [-0.1, -0.05) is 0 Å². The molecule has 0 atom stereocenters. The Labute approximate surface area is 153 Å². The van der Waals surface area contributed by atoms with Crippen molar-refractivity contribution in [1.82, 2.24) is 4.57 Å². The summed E-state index contributed by atoms with van der Waals surface area (Å²) >= 11 is 0. The van der Waals surface area contributed by atoms with E-state index >= 15 is 0 Å². The van der Waals surface area contributed by atoms with Gasteiger partial charge in [-0.3, -0.25) is 10.1 Å². The number of sulfone groups is 1. The Morgan fingerprint density at radius 3 is 2.15 bits per heavy atom. The van der Waals surface area contributed by atoms with Gasteiger partial charge in [-0.15, -0.1) is 0 Å². The number of anilines is 1. The van der Waals surface area contributed by atoms with Crippen molar-refractivity contribution in [2.24, 2.45) is 0 Å². The van der Waals surface area contributed by atoms with Crippen LogP contribution in [0.3, 0.4) is 0 Å². The van der Waals surface area contributed by atoms with Gasteiger partial charge >= 0.3 is 0 Å². The topological polar surface area (TPSA) is 85.5 Å². The van der Waals surface area contributed by atoms with Crippen LogP contribution < -0.4 is 4.90 Å². The number of piperidine rings is 1. The number of hydrogen-bond acceptors (Lipinski definition) is 5. The highest BCUT2D eigenvalue weighted by atomic mass is 32.2. The van der Waals surface area contributed by atoms with Crippen LogP contribution in [0.2, 0.25) is 0 Å². The van der Waals surface area contributed by atoms with E-state index in [1.165, 1.54) is 17.5 Å². The van der Waals surface area contributed by atoms with Gasteiger partial charge in [-0.25, -0.2) is 8.42 Å². The zero-order valence-corrected chi connectivity index (χ0v) is 16.0. The molecule has 0 unspecified atom stereocenters. The van der Waals surface area contributed by atoms with E-state index in [4.69, 9.17) is 0 Å². The van der Waals surface area contributed by atoms with Gasteiger partial charge < -0.3 is 9.47 Å². The van der Waals surface area contributed by atoms with E-state index < -0.39 is 14.8 Å². The van der Waals surface area contributed by atoms with Crippen LogP contribution in [0.5, 0.6) is 0 Å². The van der Waals surface area contributed by atoms with E-state index in [1.807, 2.05) is 4.90 Å². The summed E-state index contributed by atoms with van der Waals surface area (Å²) in [5, 5.41) is 11.5. The lowest BCUT2D eigenvalue weighted by molar-refractivity contribution is -0.384. The molecule has 0 N–H and O–H groups in total. The minimum atomic E-state index is -3.48. The number of nitrogens with zero attached hydrogens (tertiary/aromatic N) is 3. The standard InChI is InChI=1S/C18H23N3O4S/c1-13-4-5-14(2)20(13)15-8-10-19(11-9-15)17-7-6-16(26(3,24)25)12-18(17)21(22)23/h4-7,12,15H,8-11H2,1-3H3. The number of nitro benzene ring substituents is 1. The first-order valence-corrected chi connectivity index (χ1v) is 10.5. The van der Waals surface area contributed by atoms with E-state index in [0.29, 0.717) is 24.8 Å². The molecule has 1 saturated heterocycles. The third-order valence-corrected chi connectivity index (χ3v) is 6.18. The lowest BCUT2D eigenvalue weighted by atomic mass is 10.0. The minimum absolute atomic E-state index is 0.0265. The van der Waals surface area contributed by atoms with Crippen LogP contribution >= 0.6 is 0 Å². The SMILES string of the molecule is Cc1ccc(C)n1C1CCN(c2ccc(S(C)(=O)=O)cc2[N+](=O)[O-])CC1. The Bertz CT molecular complexity index is 922. The molecule has 7 nitrogen and oxygen atoms in total. The quantitative estimate of drug-likeness (QED) is 0.603. The summed E-state index contributed by atoms with van der Waals surface area (Å²) in [6, 6.07) is 8.77. The highest BCUT2D eigenvalue weighted by Crippen LogP contribution is 2.35. The van der Waals surface area contributed by atoms with Gasteiger partial charge in [0.1, 0.15) is 5.69 Å². The molecule has 2 heterocycles. The van der Waals surface area contributed by atoms with Crippen molar-refractivity contribution in [3.8, 4) is 0 Å². The van der Waals surface area contributed by atoms with Gasteiger partial charge in [0.2, 0.25) is 0 Å². The highest BCUT2D eigenvalue weighted by Gasteiger charge is 2.27. The second kappa shape index (κ2) is 6.75. The van der Waals surface area contributed by atoms with Crippen LogP contribution in [-0.4, -0.2) is 37.3 Å². The van der Waals surface area contributed by atoms with E-state index in [1.54, 1.807) is 6.07 Å². The predicted molar refractivity (Wildman–Crippen MR) is 101 cm³/mol. The first kappa shape index (κ1) is 18.4. The molecule has 140 valence electrons. The third-order valence-electron chi connectivity index (χ3n) is 5.07. The highest BCUT2D eigenvalue weighted by molar-refractivity contribution is 7.90. The maximum Gasteiger partial charge on any atom is 0.293 e. The Morgan fingerprint density at radius 2 is 1.65 bits per heavy atom. The molecular weight excluding hydrogens is 354 g/mol. The molecule has 1 aromatic heterocycles. The Hall–Kier alpha value is -2.35. The van der Waals surface area contributed by atoms with Gasteiger partial charge in [-0.05, 0) is 51.0 Å². The lowest BCUT2D eigenvalue weighted by Crippen LogP contribution is -2.35. The van der Waals surface area contributed by atoms with Crippen LogP contribution in [0.1, 0.15) is 30.3 Å². The summed E-state index contributed by atoms with van der Waals surface area (Å²) < 4.78 is 25.7. The second-order valence-corrected chi connectivity index (χ2v) is 8.90. The minimum Gasteiger partial charge on any atom is -0.366 e. The Morgan fingerprint density at radius 1 is 1.08 bits per heavy atom. The van der Waals surface area contributed by atoms with Crippen molar-refractivity contribution in [2.75, 3.05) is 24.2 Å². The normalized spacial score (nSPS) is 16.0. The molecule has 2 aromatic rings. The second-order valence-electron chi connectivity index (χ2n) is 6.88. The molecule has 0 spiro atoms. The molecule has 1 aliphatic rings. The molecule has 0 saturated carbocycles. The Balaban J connectivity index is 1.84. The molecule has 8 heteroatoms. The number of hydrogen-bond donors (Lipinski definition) is 0. The maximum absolute atomic E-state index is 11.7. The van der Waals surface area contributed by atoms with Crippen molar-refractivity contribution >= 4 is 21.2 Å². The molecule has 0 aliphatic carbocycles. The van der Waals surface area contributed by atoms with Gasteiger partial charge in [0, 0.05) is 42.8 Å². The van der Waals surface area contributed by atoms with E-state index in [-0.39, 0.29) is 10.6 Å². The first-order chi connectivity index (χ1) is 12.2. The number of rotatable bonds is 4. The van der Waals surface area contributed by atoms with Crippen LogP contribution in [0.4, 0.5) is 11.4 Å². The van der Waals surface area contributed by atoms with E-state index in [0.717, 1.165) is 25.2 Å². The zero-order valence-electron chi connectivity index (χ0n) is 15.2. The average Bonchev–Trinajstić information content (AvgIpc) is 2.92. The van der Waals surface area contributed by atoms with Crippen molar-refractivity contribution in [1.29, 1.82) is 0 Å². The van der Waals surface area contributed by atoms with Crippen molar-refractivity contribution < 1.29 is 13.3 Å². The summed E-state index contributed by atoms with van der Waals surface area (Å²) in [7, 11) is -3.48. The fraction of sp³-hybridized carbons (Fsp3) is 0.444. The smallest absolute Gasteiger partial charge is 0.293 e. The molecule has 1 aliphatic heterocycles. The summed E-state index contributed by atoms with van der Waals surface area (Å²) in [6.07, 6.45) is 2.83.